The quantitative estimate of drug-likeness (QED) is 0.856. The summed E-state index contributed by atoms with van der Waals surface area (Å²) in [6.45, 7) is 2.31. The van der Waals surface area contributed by atoms with Crippen molar-refractivity contribution in [2.45, 2.75) is 45.6 Å². The minimum absolute atomic E-state index is 0.0212. The van der Waals surface area contributed by atoms with Crippen molar-refractivity contribution in [2.75, 3.05) is 11.9 Å². The zero-order chi connectivity index (χ0) is 13.0. The van der Waals surface area contributed by atoms with Crippen molar-refractivity contribution in [1.82, 2.24) is 9.78 Å². The van der Waals surface area contributed by atoms with Crippen LogP contribution in [0.5, 0.6) is 0 Å². The second-order valence-corrected chi connectivity index (χ2v) is 4.94. The van der Waals surface area contributed by atoms with Crippen LogP contribution in [0.15, 0.2) is 6.07 Å². The normalized spacial score (nSPS) is 16.8. The van der Waals surface area contributed by atoms with E-state index < -0.39 is 0 Å². The van der Waals surface area contributed by atoms with Gasteiger partial charge in [-0.2, -0.15) is 5.10 Å². The molecule has 1 heterocycles. The van der Waals surface area contributed by atoms with Gasteiger partial charge in [0.15, 0.2) is 0 Å². The summed E-state index contributed by atoms with van der Waals surface area (Å²) < 4.78 is 1.65. The molecule has 1 fully saturated rings. The van der Waals surface area contributed by atoms with E-state index >= 15 is 0 Å². The van der Waals surface area contributed by atoms with E-state index in [1.54, 1.807) is 4.68 Å². The second-order valence-electron chi connectivity index (χ2n) is 4.94. The summed E-state index contributed by atoms with van der Waals surface area (Å²) in [4.78, 5) is 12.1. The van der Waals surface area contributed by atoms with Crippen LogP contribution in [0.3, 0.4) is 0 Å². The number of carbonyl (C=O) groups excluding carboxylic acids is 1. The minimum Gasteiger partial charge on any atom is -0.394 e. The molecule has 1 saturated carbocycles. The van der Waals surface area contributed by atoms with Gasteiger partial charge in [0.1, 0.15) is 5.82 Å². The summed E-state index contributed by atoms with van der Waals surface area (Å²) in [6.07, 6.45) is 5.50. The third-order valence-corrected chi connectivity index (χ3v) is 3.44. The van der Waals surface area contributed by atoms with Gasteiger partial charge in [0.05, 0.1) is 18.8 Å². The molecule has 2 rings (SSSR count). The van der Waals surface area contributed by atoms with Crippen LogP contribution < -0.4 is 5.32 Å². The maximum absolute atomic E-state index is 12.1. The molecule has 1 aromatic rings. The first-order valence-corrected chi connectivity index (χ1v) is 6.67. The SMILES string of the molecule is Cc1cc(NC(=O)C2CCCCC2)n(CCO)n1. The number of hydrogen-bond acceptors (Lipinski definition) is 3. The molecular formula is C13H21N3O2. The second kappa shape index (κ2) is 6.00. The predicted molar refractivity (Wildman–Crippen MR) is 69.3 cm³/mol. The van der Waals surface area contributed by atoms with Crippen molar-refractivity contribution in [3.8, 4) is 0 Å². The molecule has 1 aliphatic carbocycles. The lowest BCUT2D eigenvalue weighted by Gasteiger charge is -2.20. The molecule has 5 nitrogen and oxygen atoms in total. The number of aliphatic hydroxyl groups excluding tert-OH is 1. The molecule has 100 valence electrons. The van der Waals surface area contributed by atoms with E-state index in [1.165, 1.54) is 6.42 Å². The van der Waals surface area contributed by atoms with E-state index in [0.29, 0.717) is 12.4 Å². The van der Waals surface area contributed by atoms with E-state index in [-0.39, 0.29) is 18.4 Å². The Morgan fingerprint density at radius 2 is 2.22 bits per heavy atom. The van der Waals surface area contributed by atoms with Crippen LogP contribution >= 0.6 is 0 Å². The average Bonchev–Trinajstić information content (AvgIpc) is 2.71. The summed E-state index contributed by atoms with van der Waals surface area (Å²) in [5.74, 6) is 0.919. The van der Waals surface area contributed by atoms with Gasteiger partial charge in [0.25, 0.3) is 0 Å². The molecule has 1 aliphatic rings. The van der Waals surface area contributed by atoms with E-state index in [2.05, 4.69) is 10.4 Å². The summed E-state index contributed by atoms with van der Waals surface area (Å²) in [7, 11) is 0. The Morgan fingerprint density at radius 3 is 2.89 bits per heavy atom. The molecule has 5 heteroatoms. The predicted octanol–water partition coefficient (Wildman–Crippen LogP) is 1.70. The zero-order valence-electron chi connectivity index (χ0n) is 10.9. The molecule has 0 aromatic carbocycles. The highest BCUT2D eigenvalue weighted by atomic mass is 16.3. The smallest absolute Gasteiger partial charge is 0.228 e. The fourth-order valence-corrected chi connectivity index (χ4v) is 2.50. The lowest BCUT2D eigenvalue weighted by atomic mass is 9.89. The van der Waals surface area contributed by atoms with Crippen molar-refractivity contribution in [3.63, 3.8) is 0 Å². The molecule has 0 atom stereocenters. The van der Waals surface area contributed by atoms with Gasteiger partial charge in [-0.15, -0.1) is 0 Å². The van der Waals surface area contributed by atoms with Gasteiger partial charge >= 0.3 is 0 Å². The molecule has 0 saturated heterocycles. The fourth-order valence-electron chi connectivity index (χ4n) is 2.50. The number of nitrogens with zero attached hydrogens (tertiary/aromatic N) is 2. The van der Waals surface area contributed by atoms with Crippen LogP contribution in [0.4, 0.5) is 5.82 Å². The third kappa shape index (κ3) is 3.10. The van der Waals surface area contributed by atoms with Crippen molar-refractivity contribution < 1.29 is 9.90 Å². The van der Waals surface area contributed by atoms with Gasteiger partial charge in [-0.3, -0.25) is 4.79 Å². The molecule has 1 amide bonds. The number of aromatic nitrogens is 2. The van der Waals surface area contributed by atoms with Gasteiger partial charge in [-0.1, -0.05) is 19.3 Å². The monoisotopic (exact) mass is 251 g/mol. The zero-order valence-corrected chi connectivity index (χ0v) is 10.9. The van der Waals surface area contributed by atoms with Crippen LogP contribution in [-0.4, -0.2) is 27.4 Å². The molecule has 0 unspecified atom stereocenters. The summed E-state index contributed by atoms with van der Waals surface area (Å²) in [5, 5.41) is 16.1. The van der Waals surface area contributed by atoms with Gasteiger partial charge < -0.3 is 10.4 Å². The van der Waals surface area contributed by atoms with Gasteiger partial charge in [-0.25, -0.2) is 4.68 Å². The van der Waals surface area contributed by atoms with Gasteiger partial charge in [-0.05, 0) is 19.8 Å². The first kappa shape index (κ1) is 13.1. The topological polar surface area (TPSA) is 67.2 Å². The van der Waals surface area contributed by atoms with Crippen molar-refractivity contribution in [1.29, 1.82) is 0 Å². The Kier molecular flexibility index (Phi) is 4.36. The largest absolute Gasteiger partial charge is 0.394 e. The Hall–Kier alpha value is -1.36. The van der Waals surface area contributed by atoms with Crippen molar-refractivity contribution in [2.24, 2.45) is 5.92 Å². The molecule has 1 aromatic heterocycles. The molecule has 0 spiro atoms. The van der Waals surface area contributed by atoms with Crippen LogP contribution in [0, 0.1) is 12.8 Å². The maximum Gasteiger partial charge on any atom is 0.228 e. The number of carbonyl (C=O) groups is 1. The maximum atomic E-state index is 12.1. The molecule has 0 radical (unpaired) electrons. The van der Waals surface area contributed by atoms with Crippen LogP contribution in [0.25, 0.3) is 0 Å². The van der Waals surface area contributed by atoms with Crippen LogP contribution in [0.1, 0.15) is 37.8 Å². The van der Waals surface area contributed by atoms with Gasteiger partial charge in [0, 0.05) is 12.0 Å². The number of amides is 1. The average molecular weight is 251 g/mol. The fraction of sp³-hybridized carbons (Fsp3) is 0.692. The first-order chi connectivity index (χ1) is 8.70. The first-order valence-electron chi connectivity index (χ1n) is 6.67. The Labute approximate surface area is 107 Å². The number of aryl methyl sites for hydroxylation is 1. The van der Waals surface area contributed by atoms with E-state index in [4.69, 9.17) is 5.11 Å². The van der Waals surface area contributed by atoms with Crippen LogP contribution in [-0.2, 0) is 11.3 Å². The van der Waals surface area contributed by atoms with Crippen molar-refractivity contribution >= 4 is 11.7 Å². The molecule has 18 heavy (non-hydrogen) atoms. The number of hydrogen-bond donors (Lipinski definition) is 2. The molecular weight excluding hydrogens is 230 g/mol. The standard InChI is InChI=1S/C13H21N3O2/c1-10-9-12(16(15-10)7-8-17)14-13(18)11-5-3-2-4-6-11/h9,11,17H,2-8H2,1H3,(H,14,18). The highest BCUT2D eigenvalue weighted by Crippen LogP contribution is 2.25. The highest BCUT2D eigenvalue weighted by molar-refractivity contribution is 5.91. The van der Waals surface area contributed by atoms with Crippen LogP contribution in [0.2, 0.25) is 0 Å². The molecule has 0 bridgehead atoms. The highest BCUT2D eigenvalue weighted by Gasteiger charge is 2.22. The summed E-state index contributed by atoms with van der Waals surface area (Å²) in [5.41, 5.74) is 0.849. The summed E-state index contributed by atoms with van der Waals surface area (Å²) in [6, 6.07) is 1.84. The van der Waals surface area contributed by atoms with E-state index in [9.17, 15) is 4.79 Å². The molecule has 0 aliphatic heterocycles. The Balaban J connectivity index is 2.01. The van der Waals surface area contributed by atoms with E-state index in [0.717, 1.165) is 31.4 Å². The number of nitrogens with one attached hydrogen (secondary N) is 1. The van der Waals surface area contributed by atoms with Crippen molar-refractivity contribution in [3.05, 3.63) is 11.8 Å². The van der Waals surface area contributed by atoms with Gasteiger partial charge in [0.2, 0.25) is 5.91 Å². The lowest BCUT2D eigenvalue weighted by molar-refractivity contribution is -0.120. The number of rotatable bonds is 4. The Bertz CT molecular complexity index is 408. The number of aliphatic hydroxyl groups is 1. The van der Waals surface area contributed by atoms with E-state index in [1.807, 2.05) is 13.0 Å². The number of anilines is 1. The summed E-state index contributed by atoms with van der Waals surface area (Å²) >= 11 is 0. The third-order valence-electron chi connectivity index (χ3n) is 3.44. The minimum atomic E-state index is 0.0212. The Morgan fingerprint density at radius 1 is 1.50 bits per heavy atom. The molecule has 2 N–H and O–H groups in total. The lowest BCUT2D eigenvalue weighted by Crippen LogP contribution is -2.26.